The third-order valence-electron chi connectivity index (χ3n) is 3.30. The number of nitrogens with one attached hydrogen (secondary N) is 1. The summed E-state index contributed by atoms with van der Waals surface area (Å²) in [7, 11) is 1.47. The van der Waals surface area contributed by atoms with Gasteiger partial charge in [-0.05, 0) is 27.7 Å². The van der Waals surface area contributed by atoms with E-state index in [0.717, 1.165) is 0 Å². The zero-order valence-electron chi connectivity index (χ0n) is 11.5. The number of anilines is 2. The van der Waals surface area contributed by atoms with Crippen LogP contribution in [0.1, 0.15) is 27.7 Å². The molecule has 0 aromatic heterocycles. The van der Waals surface area contributed by atoms with Gasteiger partial charge in [0.15, 0.2) is 0 Å². The summed E-state index contributed by atoms with van der Waals surface area (Å²) in [5.41, 5.74) is 4.36. The van der Waals surface area contributed by atoms with Gasteiger partial charge in [-0.2, -0.15) is 0 Å². The van der Waals surface area contributed by atoms with Crippen molar-refractivity contribution in [3.63, 3.8) is 0 Å². The largest absolute Gasteiger partial charge is 0.495 e. The Morgan fingerprint density at radius 1 is 1.28 bits per heavy atom. The molecule has 1 aromatic carbocycles. The Morgan fingerprint density at radius 2 is 1.83 bits per heavy atom. The zero-order chi connectivity index (χ0) is 14.1. The molecule has 0 aliphatic rings. The Bertz CT molecular complexity index is 439. The van der Waals surface area contributed by atoms with E-state index in [9.17, 15) is 9.50 Å². The second kappa shape index (κ2) is 4.65. The van der Waals surface area contributed by atoms with E-state index in [0.29, 0.717) is 5.75 Å². The van der Waals surface area contributed by atoms with E-state index < -0.39 is 17.0 Å². The Hall–Kier alpha value is -1.49. The minimum atomic E-state index is -1.02. The molecule has 0 saturated carbocycles. The van der Waals surface area contributed by atoms with Crippen LogP contribution in [0, 0.1) is 5.82 Å². The van der Waals surface area contributed by atoms with Crippen molar-refractivity contribution in [2.75, 3.05) is 18.2 Å². The van der Waals surface area contributed by atoms with Crippen molar-refractivity contribution < 1.29 is 14.2 Å². The van der Waals surface area contributed by atoms with Crippen LogP contribution in [-0.4, -0.2) is 23.4 Å². The van der Waals surface area contributed by atoms with Crippen molar-refractivity contribution in [2.24, 2.45) is 0 Å². The number of aliphatic hydroxyl groups is 1. The van der Waals surface area contributed by atoms with Gasteiger partial charge in [-0.1, -0.05) is 0 Å². The highest BCUT2D eigenvalue weighted by Crippen LogP contribution is 2.32. The van der Waals surface area contributed by atoms with Crippen LogP contribution in [0.15, 0.2) is 12.1 Å². The molecule has 0 unspecified atom stereocenters. The van der Waals surface area contributed by atoms with Crippen molar-refractivity contribution in [1.29, 1.82) is 0 Å². The molecule has 4 N–H and O–H groups in total. The van der Waals surface area contributed by atoms with Crippen LogP contribution < -0.4 is 15.8 Å². The maximum atomic E-state index is 13.8. The highest BCUT2D eigenvalue weighted by molar-refractivity contribution is 5.63. The molecule has 0 bridgehead atoms. The molecule has 102 valence electrons. The molecule has 0 radical (unpaired) electrons. The molecule has 1 rings (SSSR count). The van der Waals surface area contributed by atoms with Crippen LogP contribution >= 0.6 is 0 Å². The number of nitrogens with two attached hydrogens (primary N) is 1. The molecule has 0 heterocycles. The second-order valence-corrected chi connectivity index (χ2v) is 5.38. The Labute approximate surface area is 107 Å². The smallest absolute Gasteiger partial charge is 0.148 e. The third-order valence-corrected chi connectivity index (χ3v) is 3.30. The monoisotopic (exact) mass is 256 g/mol. The molecular formula is C13H21FN2O2. The number of rotatable bonds is 4. The van der Waals surface area contributed by atoms with E-state index >= 15 is 0 Å². The van der Waals surface area contributed by atoms with Gasteiger partial charge in [-0.25, -0.2) is 4.39 Å². The maximum absolute atomic E-state index is 13.8. The van der Waals surface area contributed by atoms with Crippen LogP contribution in [0.2, 0.25) is 0 Å². The number of ether oxygens (including phenoxy) is 1. The first-order chi connectivity index (χ1) is 8.08. The van der Waals surface area contributed by atoms with Gasteiger partial charge in [0, 0.05) is 12.1 Å². The van der Waals surface area contributed by atoms with E-state index in [1.165, 1.54) is 19.2 Å². The predicted octanol–water partition coefficient (Wildman–Crippen LogP) is 2.38. The van der Waals surface area contributed by atoms with Gasteiger partial charge in [0.25, 0.3) is 0 Å². The van der Waals surface area contributed by atoms with Crippen LogP contribution in [-0.2, 0) is 0 Å². The van der Waals surface area contributed by atoms with Gasteiger partial charge in [-0.3, -0.25) is 0 Å². The average Bonchev–Trinajstić information content (AvgIpc) is 2.20. The number of hydrogen-bond donors (Lipinski definition) is 3. The number of methoxy groups -OCH3 is 1. The fourth-order valence-corrected chi connectivity index (χ4v) is 1.33. The zero-order valence-corrected chi connectivity index (χ0v) is 11.5. The average molecular weight is 256 g/mol. The summed E-state index contributed by atoms with van der Waals surface area (Å²) in [6.45, 7) is 6.89. The van der Waals surface area contributed by atoms with E-state index in [4.69, 9.17) is 10.5 Å². The topological polar surface area (TPSA) is 67.5 Å². The van der Waals surface area contributed by atoms with Crippen LogP contribution in [0.4, 0.5) is 15.8 Å². The maximum Gasteiger partial charge on any atom is 0.148 e. The fraction of sp³-hybridized carbons (Fsp3) is 0.538. The van der Waals surface area contributed by atoms with Gasteiger partial charge >= 0.3 is 0 Å². The summed E-state index contributed by atoms with van der Waals surface area (Å²) >= 11 is 0. The summed E-state index contributed by atoms with van der Waals surface area (Å²) in [6.07, 6.45) is 0. The first-order valence-corrected chi connectivity index (χ1v) is 5.72. The molecule has 0 fully saturated rings. The number of benzene rings is 1. The lowest BCUT2D eigenvalue weighted by Crippen LogP contribution is -2.51. The highest BCUT2D eigenvalue weighted by atomic mass is 19.1. The first-order valence-electron chi connectivity index (χ1n) is 5.72. The molecule has 0 aliphatic carbocycles. The second-order valence-electron chi connectivity index (χ2n) is 5.38. The van der Waals surface area contributed by atoms with Crippen molar-refractivity contribution in [3.8, 4) is 5.75 Å². The number of hydrogen-bond acceptors (Lipinski definition) is 4. The van der Waals surface area contributed by atoms with Crippen molar-refractivity contribution in [2.45, 2.75) is 38.8 Å². The summed E-state index contributed by atoms with van der Waals surface area (Å²) in [4.78, 5) is 0. The lowest BCUT2D eigenvalue weighted by molar-refractivity contribution is 0.0239. The van der Waals surface area contributed by atoms with Crippen LogP contribution in [0.25, 0.3) is 0 Å². The van der Waals surface area contributed by atoms with E-state index in [2.05, 4.69) is 5.32 Å². The Morgan fingerprint density at radius 3 is 2.28 bits per heavy atom. The molecule has 0 spiro atoms. The van der Waals surface area contributed by atoms with Crippen molar-refractivity contribution >= 4 is 11.4 Å². The van der Waals surface area contributed by atoms with E-state index in [1.54, 1.807) is 27.7 Å². The molecule has 4 nitrogen and oxygen atoms in total. The lowest BCUT2D eigenvalue weighted by Gasteiger charge is -2.39. The summed E-state index contributed by atoms with van der Waals surface area (Å²) in [5, 5.41) is 13.0. The van der Waals surface area contributed by atoms with Crippen molar-refractivity contribution in [3.05, 3.63) is 17.9 Å². The standard InChI is InChI=1S/C13H21FN2O2/c1-12(2,13(3,4)17)16-10-7-11(18-5)9(15)6-8(10)14/h6-7,16-17H,15H2,1-5H3. The quantitative estimate of drug-likeness (QED) is 0.723. The molecule has 1 aromatic rings. The summed E-state index contributed by atoms with van der Waals surface area (Å²) < 4.78 is 18.9. The summed E-state index contributed by atoms with van der Waals surface area (Å²) in [5.74, 6) is -0.0870. The van der Waals surface area contributed by atoms with E-state index in [-0.39, 0.29) is 11.4 Å². The molecular weight excluding hydrogens is 235 g/mol. The normalized spacial score (nSPS) is 12.4. The number of halogens is 1. The van der Waals surface area contributed by atoms with Gasteiger partial charge in [0.05, 0.1) is 29.6 Å². The molecule has 0 atom stereocenters. The summed E-state index contributed by atoms with van der Waals surface area (Å²) in [6, 6.07) is 2.68. The van der Waals surface area contributed by atoms with Crippen LogP contribution in [0.5, 0.6) is 5.75 Å². The first kappa shape index (κ1) is 14.6. The van der Waals surface area contributed by atoms with Gasteiger partial charge in [0.1, 0.15) is 11.6 Å². The fourth-order valence-electron chi connectivity index (χ4n) is 1.33. The molecule has 5 heteroatoms. The Kier molecular flexibility index (Phi) is 3.76. The van der Waals surface area contributed by atoms with Crippen LogP contribution in [0.3, 0.4) is 0 Å². The number of nitrogen functional groups attached to an aromatic ring is 1. The predicted molar refractivity (Wildman–Crippen MR) is 71.4 cm³/mol. The Balaban J connectivity index is 3.12. The third kappa shape index (κ3) is 2.85. The van der Waals surface area contributed by atoms with E-state index in [1.807, 2.05) is 0 Å². The molecule has 0 saturated heterocycles. The SMILES string of the molecule is COc1cc(NC(C)(C)C(C)(C)O)c(F)cc1N. The molecule has 18 heavy (non-hydrogen) atoms. The van der Waals surface area contributed by atoms with Gasteiger partial charge in [-0.15, -0.1) is 0 Å². The van der Waals surface area contributed by atoms with Crippen molar-refractivity contribution in [1.82, 2.24) is 0 Å². The highest BCUT2D eigenvalue weighted by Gasteiger charge is 2.35. The lowest BCUT2D eigenvalue weighted by atomic mass is 9.85. The minimum Gasteiger partial charge on any atom is -0.495 e. The molecule has 0 aliphatic heterocycles. The molecule has 0 amide bonds. The van der Waals surface area contributed by atoms with Gasteiger partial charge < -0.3 is 20.9 Å². The minimum absolute atomic E-state index is 0.238. The van der Waals surface area contributed by atoms with Gasteiger partial charge in [0.2, 0.25) is 0 Å².